The van der Waals surface area contributed by atoms with Crippen LogP contribution in [0.25, 0.3) is 0 Å². The van der Waals surface area contributed by atoms with Gasteiger partial charge in [0, 0.05) is 38.3 Å². The average Bonchev–Trinajstić information content (AvgIpc) is 2.82. The summed E-state index contributed by atoms with van der Waals surface area (Å²) in [5, 5.41) is 14.1. The number of hydrogen-bond donors (Lipinski definition) is 1. The molecule has 0 bridgehead atoms. The number of nitrogens with zero attached hydrogens (tertiary/aromatic N) is 3. The Bertz CT molecular complexity index is 1150. The van der Waals surface area contributed by atoms with E-state index in [9.17, 15) is 23.3 Å². The van der Waals surface area contributed by atoms with E-state index in [0.717, 1.165) is 54.5 Å². The summed E-state index contributed by atoms with van der Waals surface area (Å²) < 4.78 is 31.8. The van der Waals surface area contributed by atoms with Crippen molar-refractivity contribution in [3.8, 4) is 0 Å². The number of nitro benzene ring substituents is 1. The zero-order valence-corrected chi connectivity index (χ0v) is 21.1. The second-order valence-electron chi connectivity index (χ2n) is 8.63. The van der Waals surface area contributed by atoms with Gasteiger partial charge >= 0.3 is 0 Å². The van der Waals surface area contributed by atoms with Crippen LogP contribution in [0.3, 0.4) is 0 Å². The molecule has 3 rings (SSSR count). The van der Waals surface area contributed by atoms with Crippen molar-refractivity contribution in [2.24, 2.45) is 0 Å². The molecule has 1 saturated heterocycles. The molecule has 1 N–H and O–H groups in total. The Morgan fingerprint density at radius 1 is 1.17 bits per heavy atom. The van der Waals surface area contributed by atoms with E-state index in [2.05, 4.69) is 10.2 Å². The van der Waals surface area contributed by atoms with Crippen molar-refractivity contribution in [3.63, 3.8) is 0 Å². The van der Waals surface area contributed by atoms with Gasteiger partial charge in [-0.3, -0.25) is 24.1 Å². The van der Waals surface area contributed by atoms with Gasteiger partial charge in [-0.1, -0.05) is 37.3 Å². The van der Waals surface area contributed by atoms with Crippen molar-refractivity contribution in [1.82, 2.24) is 10.2 Å². The van der Waals surface area contributed by atoms with Crippen LogP contribution in [-0.2, 0) is 32.6 Å². The second kappa shape index (κ2) is 11.6. The van der Waals surface area contributed by atoms with Gasteiger partial charge in [0.2, 0.25) is 15.9 Å². The molecule has 1 amide bonds. The molecule has 0 spiro atoms. The Hall–Kier alpha value is -3.02. The first-order valence-corrected chi connectivity index (χ1v) is 13.3. The van der Waals surface area contributed by atoms with Crippen molar-refractivity contribution in [3.05, 3.63) is 69.3 Å². The second-order valence-corrected chi connectivity index (χ2v) is 10.5. The quantitative estimate of drug-likeness (QED) is 0.390. The van der Waals surface area contributed by atoms with Gasteiger partial charge in [0.05, 0.1) is 30.1 Å². The molecule has 1 heterocycles. The monoisotopic (exact) mass is 504 g/mol. The van der Waals surface area contributed by atoms with Crippen LogP contribution in [0.5, 0.6) is 0 Å². The molecule has 0 saturated carbocycles. The zero-order chi connectivity index (χ0) is 25.6. The molecule has 2 aromatic rings. The van der Waals surface area contributed by atoms with Gasteiger partial charge in [0.15, 0.2) is 0 Å². The van der Waals surface area contributed by atoms with E-state index in [0.29, 0.717) is 5.56 Å². The Morgan fingerprint density at radius 2 is 1.80 bits per heavy atom. The molecule has 35 heavy (non-hydrogen) atoms. The first kappa shape index (κ1) is 26.6. The van der Waals surface area contributed by atoms with E-state index >= 15 is 0 Å². The van der Waals surface area contributed by atoms with Gasteiger partial charge in [-0.05, 0) is 30.0 Å². The van der Waals surface area contributed by atoms with Gasteiger partial charge in [0.1, 0.15) is 6.04 Å². The normalized spacial score (nSPS) is 15.4. The van der Waals surface area contributed by atoms with Gasteiger partial charge in [-0.25, -0.2) is 8.42 Å². The summed E-state index contributed by atoms with van der Waals surface area (Å²) in [5.41, 5.74) is 2.44. The fraction of sp³-hybridized carbons (Fsp3) is 0.458. The fourth-order valence-electron chi connectivity index (χ4n) is 4.07. The number of ether oxygens (including phenoxy) is 1. The number of rotatable bonds is 10. The van der Waals surface area contributed by atoms with Crippen LogP contribution in [0.1, 0.15) is 30.0 Å². The molecule has 0 radical (unpaired) electrons. The third-order valence-electron chi connectivity index (χ3n) is 5.97. The zero-order valence-electron chi connectivity index (χ0n) is 20.3. The Kier molecular flexibility index (Phi) is 8.82. The lowest BCUT2D eigenvalue weighted by atomic mass is 10.1. The summed E-state index contributed by atoms with van der Waals surface area (Å²) >= 11 is 0. The van der Waals surface area contributed by atoms with Gasteiger partial charge in [0.25, 0.3) is 5.69 Å². The summed E-state index contributed by atoms with van der Waals surface area (Å²) in [7, 11) is -3.91. The van der Waals surface area contributed by atoms with E-state index in [-0.39, 0.29) is 24.3 Å². The number of benzene rings is 2. The van der Waals surface area contributed by atoms with Gasteiger partial charge in [-0.2, -0.15) is 0 Å². The number of morpholine rings is 1. The maximum Gasteiger partial charge on any atom is 0.271 e. The number of carbonyl (C=O) groups excluding carboxylic acids is 1. The molecule has 1 unspecified atom stereocenters. The van der Waals surface area contributed by atoms with E-state index in [1.165, 1.54) is 18.2 Å². The number of amides is 1. The fourth-order valence-corrected chi connectivity index (χ4v) is 5.33. The molecule has 0 aromatic heterocycles. The molecule has 0 aliphatic carbocycles. The maximum absolute atomic E-state index is 13.1. The molecule has 2 aromatic carbocycles. The number of sulfonamides is 1. The van der Waals surface area contributed by atoms with Gasteiger partial charge in [-0.15, -0.1) is 0 Å². The van der Waals surface area contributed by atoms with Crippen LogP contribution in [-0.4, -0.2) is 62.7 Å². The molecule has 10 nitrogen and oxygen atoms in total. The molecule has 190 valence electrons. The van der Waals surface area contributed by atoms with Crippen molar-refractivity contribution in [1.29, 1.82) is 0 Å². The third kappa shape index (κ3) is 7.00. The summed E-state index contributed by atoms with van der Waals surface area (Å²) in [5.74, 6) is -0.471. The van der Waals surface area contributed by atoms with Crippen LogP contribution >= 0.6 is 0 Å². The first-order valence-electron chi connectivity index (χ1n) is 11.5. The lowest BCUT2D eigenvalue weighted by molar-refractivity contribution is -0.384. The van der Waals surface area contributed by atoms with Crippen LogP contribution < -0.4 is 9.62 Å². The number of anilines is 1. The minimum atomic E-state index is -3.91. The molecule has 1 fully saturated rings. The Balaban J connectivity index is 1.72. The van der Waals surface area contributed by atoms with Crippen molar-refractivity contribution >= 4 is 27.3 Å². The summed E-state index contributed by atoms with van der Waals surface area (Å²) in [6.07, 6.45) is 1.19. The predicted molar refractivity (Wildman–Crippen MR) is 134 cm³/mol. The van der Waals surface area contributed by atoms with Crippen molar-refractivity contribution in [2.45, 2.75) is 39.4 Å². The maximum atomic E-state index is 13.1. The lowest BCUT2D eigenvalue weighted by Crippen LogP contribution is -2.49. The standard InChI is InChI=1S/C24H32N4O6S/c1-4-22(27(35(3,32)33)23-15-21(28(30)31)10-5-18(23)2)24(29)25-16-19-6-8-20(9-7-19)17-26-11-13-34-14-12-26/h5-10,15,22H,4,11-14,16-17H2,1-3H3,(H,25,29). The predicted octanol–water partition coefficient (Wildman–Crippen LogP) is 2.60. The topological polar surface area (TPSA) is 122 Å². The first-order chi connectivity index (χ1) is 16.6. The van der Waals surface area contributed by atoms with E-state index in [1.807, 2.05) is 24.3 Å². The molecule has 11 heteroatoms. The molecular formula is C24H32N4O6S. The largest absolute Gasteiger partial charge is 0.379 e. The highest BCUT2D eigenvalue weighted by Crippen LogP contribution is 2.30. The highest BCUT2D eigenvalue weighted by Gasteiger charge is 2.33. The van der Waals surface area contributed by atoms with Crippen molar-refractivity contribution in [2.75, 3.05) is 36.9 Å². The van der Waals surface area contributed by atoms with E-state index < -0.39 is 26.9 Å². The minimum Gasteiger partial charge on any atom is -0.379 e. The van der Waals surface area contributed by atoms with E-state index in [1.54, 1.807) is 13.8 Å². The number of carbonyl (C=O) groups is 1. The number of nitro groups is 1. The molecule has 1 atom stereocenters. The smallest absolute Gasteiger partial charge is 0.271 e. The minimum absolute atomic E-state index is 0.121. The number of nitrogens with one attached hydrogen (secondary N) is 1. The Morgan fingerprint density at radius 3 is 2.37 bits per heavy atom. The van der Waals surface area contributed by atoms with Crippen molar-refractivity contribution < 1.29 is 22.9 Å². The Labute approximate surface area is 206 Å². The van der Waals surface area contributed by atoms with Crippen LogP contribution in [0.2, 0.25) is 0 Å². The highest BCUT2D eigenvalue weighted by atomic mass is 32.2. The van der Waals surface area contributed by atoms with E-state index in [4.69, 9.17) is 4.74 Å². The summed E-state index contributed by atoms with van der Waals surface area (Å²) in [6.45, 7) is 7.70. The summed E-state index contributed by atoms with van der Waals surface area (Å²) in [4.78, 5) is 26.1. The third-order valence-corrected chi connectivity index (χ3v) is 7.14. The molecule has 1 aliphatic heterocycles. The number of non-ortho nitro benzene ring substituents is 1. The molecule has 1 aliphatic rings. The number of aryl methyl sites for hydroxylation is 1. The molecular weight excluding hydrogens is 472 g/mol. The average molecular weight is 505 g/mol. The van der Waals surface area contributed by atoms with Gasteiger partial charge < -0.3 is 10.1 Å². The van der Waals surface area contributed by atoms with Crippen LogP contribution in [0.4, 0.5) is 11.4 Å². The highest BCUT2D eigenvalue weighted by molar-refractivity contribution is 7.92. The SMILES string of the molecule is CCC(C(=O)NCc1ccc(CN2CCOCC2)cc1)N(c1cc([N+](=O)[O-])ccc1C)S(C)(=O)=O. The van der Waals surface area contributed by atoms with Crippen LogP contribution in [0, 0.1) is 17.0 Å². The number of hydrogen-bond acceptors (Lipinski definition) is 7. The lowest BCUT2D eigenvalue weighted by Gasteiger charge is -2.31. The summed E-state index contributed by atoms with van der Waals surface area (Å²) in [6, 6.07) is 10.8. The van der Waals surface area contributed by atoms with Crippen LogP contribution in [0.15, 0.2) is 42.5 Å².